The molecule has 0 bridgehead atoms. The van der Waals surface area contributed by atoms with Crippen molar-refractivity contribution in [1.29, 1.82) is 0 Å². The van der Waals surface area contributed by atoms with E-state index in [1.807, 2.05) is 0 Å². The number of anilines is 2. The molecule has 0 saturated heterocycles. The van der Waals surface area contributed by atoms with Crippen molar-refractivity contribution in [3.05, 3.63) is 54.4 Å². The van der Waals surface area contributed by atoms with Crippen LogP contribution in [0.2, 0.25) is 0 Å². The Hall–Kier alpha value is -2.89. The number of urea groups is 1. The number of amides is 3. The highest BCUT2D eigenvalue weighted by Gasteiger charge is 2.15. The SMILES string of the molecule is O=C(Nc1cccc(NC(=O)c2ccccn2)c1)NC1CCCCC1. The molecule has 0 radical (unpaired) electrons. The molecule has 0 unspecified atom stereocenters. The summed E-state index contributed by atoms with van der Waals surface area (Å²) in [5.41, 5.74) is 1.58. The van der Waals surface area contributed by atoms with Gasteiger partial charge in [-0.2, -0.15) is 0 Å². The van der Waals surface area contributed by atoms with E-state index in [-0.39, 0.29) is 18.0 Å². The van der Waals surface area contributed by atoms with Crippen molar-refractivity contribution in [2.75, 3.05) is 10.6 Å². The molecule has 1 aromatic carbocycles. The Morgan fingerprint density at radius 2 is 1.68 bits per heavy atom. The summed E-state index contributed by atoms with van der Waals surface area (Å²) in [7, 11) is 0. The molecule has 3 N–H and O–H groups in total. The predicted molar refractivity (Wildman–Crippen MR) is 97.7 cm³/mol. The lowest BCUT2D eigenvalue weighted by molar-refractivity contribution is 0.102. The Bertz CT molecular complexity index is 727. The van der Waals surface area contributed by atoms with Crippen molar-refractivity contribution in [2.24, 2.45) is 0 Å². The molecular weight excluding hydrogens is 316 g/mol. The summed E-state index contributed by atoms with van der Waals surface area (Å²) < 4.78 is 0. The Balaban J connectivity index is 1.57. The molecule has 25 heavy (non-hydrogen) atoms. The van der Waals surface area contributed by atoms with Crippen LogP contribution >= 0.6 is 0 Å². The van der Waals surface area contributed by atoms with E-state index in [2.05, 4.69) is 20.9 Å². The lowest BCUT2D eigenvalue weighted by Crippen LogP contribution is -2.39. The van der Waals surface area contributed by atoms with Crippen LogP contribution in [-0.4, -0.2) is 23.0 Å². The second-order valence-corrected chi connectivity index (χ2v) is 6.18. The van der Waals surface area contributed by atoms with Crippen molar-refractivity contribution < 1.29 is 9.59 Å². The van der Waals surface area contributed by atoms with Crippen LogP contribution in [0.1, 0.15) is 42.6 Å². The predicted octanol–water partition coefficient (Wildman–Crippen LogP) is 3.79. The molecule has 1 saturated carbocycles. The van der Waals surface area contributed by atoms with E-state index in [9.17, 15) is 9.59 Å². The van der Waals surface area contributed by atoms with Crippen molar-refractivity contribution >= 4 is 23.3 Å². The van der Waals surface area contributed by atoms with Crippen molar-refractivity contribution in [3.8, 4) is 0 Å². The van der Waals surface area contributed by atoms with E-state index in [0.29, 0.717) is 17.1 Å². The fourth-order valence-corrected chi connectivity index (χ4v) is 2.97. The van der Waals surface area contributed by atoms with Gasteiger partial charge in [0, 0.05) is 23.6 Å². The number of nitrogens with zero attached hydrogens (tertiary/aromatic N) is 1. The Labute approximate surface area is 147 Å². The third kappa shape index (κ3) is 5.04. The molecule has 1 heterocycles. The number of rotatable bonds is 4. The highest BCUT2D eigenvalue weighted by atomic mass is 16.2. The first-order valence-corrected chi connectivity index (χ1v) is 8.61. The lowest BCUT2D eigenvalue weighted by atomic mass is 9.96. The molecule has 0 aliphatic heterocycles. The van der Waals surface area contributed by atoms with Crippen LogP contribution in [0.4, 0.5) is 16.2 Å². The Kier molecular flexibility index (Phi) is 5.61. The summed E-state index contributed by atoms with van der Waals surface area (Å²) in [5, 5.41) is 8.61. The average molecular weight is 338 g/mol. The zero-order valence-corrected chi connectivity index (χ0v) is 14.0. The fourth-order valence-electron chi connectivity index (χ4n) is 2.97. The summed E-state index contributed by atoms with van der Waals surface area (Å²) in [6.45, 7) is 0. The van der Waals surface area contributed by atoms with Crippen LogP contribution in [0.15, 0.2) is 48.7 Å². The van der Waals surface area contributed by atoms with Crippen molar-refractivity contribution in [3.63, 3.8) is 0 Å². The zero-order chi connectivity index (χ0) is 17.5. The summed E-state index contributed by atoms with van der Waals surface area (Å²) in [4.78, 5) is 28.3. The summed E-state index contributed by atoms with van der Waals surface area (Å²) in [6.07, 6.45) is 7.22. The number of hydrogen-bond acceptors (Lipinski definition) is 3. The second-order valence-electron chi connectivity index (χ2n) is 6.18. The normalized spacial score (nSPS) is 14.6. The van der Waals surface area contributed by atoms with Crippen LogP contribution < -0.4 is 16.0 Å². The highest BCUT2D eigenvalue weighted by molar-refractivity contribution is 6.03. The molecule has 1 fully saturated rings. The number of nitrogens with one attached hydrogen (secondary N) is 3. The molecule has 1 aliphatic rings. The number of aromatic nitrogens is 1. The van der Waals surface area contributed by atoms with Gasteiger partial charge in [0.15, 0.2) is 0 Å². The first kappa shape index (κ1) is 17.0. The topological polar surface area (TPSA) is 83.1 Å². The third-order valence-corrected chi connectivity index (χ3v) is 4.22. The fraction of sp³-hybridized carbons (Fsp3) is 0.316. The number of carbonyl (C=O) groups excluding carboxylic acids is 2. The smallest absolute Gasteiger partial charge is 0.319 e. The first-order chi connectivity index (χ1) is 12.2. The Morgan fingerprint density at radius 3 is 2.40 bits per heavy atom. The average Bonchev–Trinajstić information content (AvgIpc) is 2.63. The summed E-state index contributed by atoms with van der Waals surface area (Å²) >= 11 is 0. The van der Waals surface area contributed by atoms with Gasteiger partial charge in [-0.1, -0.05) is 31.4 Å². The molecule has 6 heteroatoms. The quantitative estimate of drug-likeness (QED) is 0.793. The minimum Gasteiger partial charge on any atom is -0.335 e. The van der Waals surface area contributed by atoms with Gasteiger partial charge in [0.05, 0.1) is 0 Å². The summed E-state index contributed by atoms with van der Waals surface area (Å²) in [5.74, 6) is -0.288. The van der Waals surface area contributed by atoms with Gasteiger partial charge in [-0.3, -0.25) is 9.78 Å². The van der Waals surface area contributed by atoms with Gasteiger partial charge >= 0.3 is 6.03 Å². The van der Waals surface area contributed by atoms with E-state index >= 15 is 0 Å². The summed E-state index contributed by atoms with van der Waals surface area (Å²) in [6, 6.07) is 12.3. The van der Waals surface area contributed by atoms with E-state index in [0.717, 1.165) is 12.8 Å². The molecule has 6 nitrogen and oxygen atoms in total. The maximum Gasteiger partial charge on any atom is 0.319 e. The minimum atomic E-state index is -0.288. The molecule has 130 valence electrons. The van der Waals surface area contributed by atoms with E-state index in [1.54, 1.807) is 48.7 Å². The van der Waals surface area contributed by atoms with Gasteiger partial charge in [0.25, 0.3) is 5.91 Å². The van der Waals surface area contributed by atoms with Gasteiger partial charge in [-0.05, 0) is 43.2 Å². The van der Waals surface area contributed by atoms with Gasteiger partial charge in [0.2, 0.25) is 0 Å². The molecule has 1 aromatic heterocycles. The van der Waals surface area contributed by atoms with E-state index in [1.165, 1.54) is 19.3 Å². The lowest BCUT2D eigenvalue weighted by Gasteiger charge is -2.22. The first-order valence-electron chi connectivity index (χ1n) is 8.61. The molecule has 0 spiro atoms. The monoisotopic (exact) mass is 338 g/mol. The van der Waals surface area contributed by atoms with Crippen LogP contribution in [0, 0.1) is 0 Å². The van der Waals surface area contributed by atoms with E-state index in [4.69, 9.17) is 0 Å². The second kappa shape index (κ2) is 8.28. The molecule has 2 aromatic rings. The third-order valence-electron chi connectivity index (χ3n) is 4.22. The number of benzene rings is 1. The zero-order valence-electron chi connectivity index (χ0n) is 14.0. The van der Waals surface area contributed by atoms with Crippen LogP contribution in [-0.2, 0) is 0 Å². The molecule has 3 rings (SSSR count). The number of pyridine rings is 1. The molecule has 1 aliphatic carbocycles. The highest BCUT2D eigenvalue weighted by Crippen LogP contribution is 2.18. The number of carbonyl (C=O) groups is 2. The van der Waals surface area contributed by atoms with Gasteiger partial charge < -0.3 is 16.0 Å². The largest absolute Gasteiger partial charge is 0.335 e. The molecule has 3 amide bonds. The van der Waals surface area contributed by atoms with E-state index < -0.39 is 0 Å². The number of hydrogen-bond donors (Lipinski definition) is 3. The van der Waals surface area contributed by atoms with Crippen LogP contribution in [0.5, 0.6) is 0 Å². The van der Waals surface area contributed by atoms with Gasteiger partial charge in [-0.25, -0.2) is 4.79 Å². The van der Waals surface area contributed by atoms with Crippen molar-refractivity contribution in [2.45, 2.75) is 38.1 Å². The van der Waals surface area contributed by atoms with Crippen molar-refractivity contribution in [1.82, 2.24) is 10.3 Å². The maximum absolute atomic E-state index is 12.1. The Morgan fingerprint density at radius 1 is 0.920 bits per heavy atom. The van der Waals surface area contributed by atoms with Crippen LogP contribution in [0.3, 0.4) is 0 Å². The standard InChI is InChI=1S/C19H22N4O2/c24-18(17-11-4-5-12-20-17)21-15-9-6-10-16(13-15)23-19(25)22-14-7-2-1-3-8-14/h4-6,9-14H,1-3,7-8H2,(H,21,24)(H2,22,23,25). The minimum absolute atomic E-state index is 0.208. The van der Waals surface area contributed by atoms with Crippen LogP contribution in [0.25, 0.3) is 0 Å². The van der Waals surface area contributed by atoms with Gasteiger partial charge in [-0.15, -0.1) is 0 Å². The molecular formula is C19H22N4O2. The van der Waals surface area contributed by atoms with Gasteiger partial charge in [0.1, 0.15) is 5.69 Å². The molecule has 0 atom stereocenters. The maximum atomic E-state index is 12.1.